The third kappa shape index (κ3) is 3.88. The van der Waals surface area contributed by atoms with Crippen LogP contribution in [0, 0.1) is 5.92 Å². The van der Waals surface area contributed by atoms with Crippen molar-refractivity contribution in [3.63, 3.8) is 0 Å². The van der Waals surface area contributed by atoms with E-state index < -0.39 is 12.0 Å². The molecule has 0 aromatic heterocycles. The van der Waals surface area contributed by atoms with Crippen LogP contribution < -0.4 is 15.2 Å². The van der Waals surface area contributed by atoms with Gasteiger partial charge in [0.15, 0.2) is 11.5 Å². The number of carbonyl (C=O) groups excluding carboxylic acids is 1. The highest BCUT2D eigenvalue weighted by atomic mass is 16.5. The molecule has 21 heavy (non-hydrogen) atoms. The van der Waals surface area contributed by atoms with Crippen molar-refractivity contribution >= 4 is 5.91 Å². The molecule has 0 radical (unpaired) electrons. The van der Waals surface area contributed by atoms with E-state index in [1.54, 1.807) is 18.2 Å². The van der Waals surface area contributed by atoms with Crippen molar-refractivity contribution in [2.24, 2.45) is 11.7 Å². The molecule has 0 saturated heterocycles. The van der Waals surface area contributed by atoms with Crippen molar-refractivity contribution in [3.8, 4) is 11.5 Å². The molecule has 1 amide bonds. The minimum Gasteiger partial charge on any atom is -0.493 e. The Morgan fingerprint density at radius 3 is 2.71 bits per heavy atom. The van der Waals surface area contributed by atoms with Crippen molar-refractivity contribution < 1.29 is 19.4 Å². The largest absolute Gasteiger partial charge is 0.493 e. The number of benzene rings is 1. The zero-order valence-corrected chi connectivity index (χ0v) is 12.4. The maximum Gasteiger partial charge on any atom is 0.252 e. The maximum atomic E-state index is 11.5. The van der Waals surface area contributed by atoms with E-state index >= 15 is 0 Å². The van der Waals surface area contributed by atoms with E-state index in [2.05, 4.69) is 0 Å². The molecular formula is C16H23NO4. The third-order valence-electron chi connectivity index (χ3n) is 4.06. The molecule has 0 heterocycles. The number of para-hydroxylation sites is 1. The summed E-state index contributed by atoms with van der Waals surface area (Å²) in [6, 6.07) is 4.98. The van der Waals surface area contributed by atoms with Gasteiger partial charge in [-0.25, -0.2) is 0 Å². The zero-order chi connectivity index (χ0) is 15.2. The number of amides is 1. The first kappa shape index (κ1) is 15.6. The number of aliphatic hydroxyl groups excluding tert-OH is 1. The summed E-state index contributed by atoms with van der Waals surface area (Å²) in [7, 11) is 1.50. The molecule has 5 heteroatoms. The Balaban J connectivity index is 2.06. The Bertz CT molecular complexity index is 483. The van der Waals surface area contributed by atoms with Crippen molar-refractivity contribution in [2.75, 3.05) is 13.7 Å². The first-order chi connectivity index (χ1) is 10.1. The lowest BCUT2D eigenvalue weighted by Gasteiger charge is -2.26. The third-order valence-corrected chi connectivity index (χ3v) is 4.06. The monoisotopic (exact) mass is 293 g/mol. The molecule has 2 rings (SSSR count). The minimum absolute atomic E-state index is 0.144. The standard InChI is InChI=1S/C16H23NO4/c1-20-14-9-5-8-12(16(17)19)15(14)21-10-13(18)11-6-3-2-4-7-11/h5,8-9,11,13,18H,2-4,6-7,10H2,1H3,(H2,17,19). The van der Waals surface area contributed by atoms with Crippen LogP contribution in [0.1, 0.15) is 42.5 Å². The Labute approximate surface area is 125 Å². The summed E-state index contributed by atoms with van der Waals surface area (Å²) >= 11 is 0. The second-order valence-electron chi connectivity index (χ2n) is 5.48. The van der Waals surface area contributed by atoms with Crippen molar-refractivity contribution in [1.82, 2.24) is 0 Å². The molecule has 0 bridgehead atoms. The van der Waals surface area contributed by atoms with Gasteiger partial charge in [0, 0.05) is 0 Å². The summed E-state index contributed by atoms with van der Waals surface area (Å²) in [6.45, 7) is 0.144. The molecule has 1 fully saturated rings. The quantitative estimate of drug-likeness (QED) is 0.841. The van der Waals surface area contributed by atoms with Gasteiger partial charge in [0.05, 0.1) is 18.8 Å². The van der Waals surface area contributed by atoms with E-state index in [0.717, 1.165) is 25.7 Å². The van der Waals surface area contributed by atoms with Crippen LogP contribution >= 0.6 is 0 Å². The van der Waals surface area contributed by atoms with Gasteiger partial charge in [0.1, 0.15) is 6.61 Å². The number of methoxy groups -OCH3 is 1. The number of hydrogen-bond donors (Lipinski definition) is 2. The number of ether oxygens (including phenoxy) is 2. The van der Waals surface area contributed by atoms with Crippen LogP contribution in [0.25, 0.3) is 0 Å². The second kappa shape index (κ2) is 7.31. The van der Waals surface area contributed by atoms with Crippen LogP contribution in [0.2, 0.25) is 0 Å². The Hall–Kier alpha value is -1.75. The van der Waals surface area contributed by atoms with Gasteiger partial charge in [-0.15, -0.1) is 0 Å². The summed E-state index contributed by atoms with van der Waals surface area (Å²) in [5.41, 5.74) is 5.62. The van der Waals surface area contributed by atoms with Crippen LogP contribution in [0.15, 0.2) is 18.2 Å². The van der Waals surface area contributed by atoms with E-state index in [0.29, 0.717) is 11.5 Å². The van der Waals surface area contributed by atoms with E-state index in [1.165, 1.54) is 13.5 Å². The molecule has 0 spiro atoms. The first-order valence-corrected chi connectivity index (χ1v) is 7.41. The average Bonchev–Trinajstić information content (AvgIpc) is 2.52. The predicted octanol–water partition coefficient (Wildman–Crippen LogP) is 2.11. The fourth-order valence-corrected chi connectivity index (χ4v) is 2.84. The molecule has 116 valence electrons. The highest BCUT2D eigenvalue weighted by molar-refractivity contribution is 5.96. The van der Waals surface area contributed by atoms with E-state index in [-0.39, 0.29) is 18.1 Å². The Kier molecular flexibility index (Phi) is 5.44. The van der Waals surface area contributed by atoms with Crippen LogP contribution in [0.4, 0.5) is 0 Å². The highest BCUT2D eigenvalue weighted by Crippen LogP contribution is 2.32. The first-order valence-electron chi connectivity index (χ1n) is 7.41. The summed E-state index contributed by atoms with van der Waals surface area (Å²) < 4.78 is 10.9. The molecule has 1 aromatic rings. The summed E-state index contributed by atoms with van der Waals surface area (Å²) in [4.78, 5) is 11.5. The molecule has 5 nitrogen and oxygen atoms in total. The van der Waals surface area contributed by atoms with Crippen molar-refractivity contribution in [2.45, 2.75) is 38.2 Å². The molecule has 1 unspecified atom stereocenters. The summed E-state index contributed by atoms with van der Waals surface area (Å²) in [6.07, 6.45) is 5.07. The number of hydrogen-bond acceptors (Lipinski definition) is 4. The average molecular weight is 293 g/mol. The zero-order valence-electron chi connectivity index (χ0n) is 12.4. The Morgan fingerprint density at radius 1 is 1.38 bits per heavy atom. The lowest BCUT2D eigenvalue weighted by Crippen LogP contribution is -2.29. The van der Waals surface area contributed by atoms with Gasteiger partial charge in [-0.1, -0.05) is 25.3 Å². The van der Waals surface area contributed by atoms with Crippen LogP contribution in [0.5, 0.6) is 11.5 Å². The number of nitrogens with two attached hydrogens (primary N) is 1. The van der Waals surface area contributed by atoms with Crippen LogP contribution in [0.3, 0.4) is 0 Å². The molecule has 3 N–H and O–H groups in total. The second-order valence-corrected chi connectivity index (χ2v) is 5.48. The van der Waals surface area contributed by atoms with E-state index in [4.69, 9.17) is 15.2 Å². The SMILES string of the molecule is COc1cccc(C(N)=O)c1OCC(O)C1CCCCC1. The number of primary amides is 1. The van der Waals surface area contributed by atoms with E-state index in [9.17, 15) is 9.90 Å². The topological polar surface area (TPSA) is 81.8 Å². The molecule has 1 aromatic carbocycles. The molecule has 1 aliphatic rings. The Morgan fingerprint density at radius 2 is 2.10 bits per heavy atom. The van der Waals surface area contributed by atoms with Crippen LogP contribution in [-0.4, -0.2) is 30.8 Å². The lowest BCUT2D eigenvalue weighted by molar-refractivity contribution is 0.0401. The normalized spacial score (nSPS) is 17.2. The van der Waals surface area contributed by atoms with Crippen LogP contribution in [-0.2, 0) is 0 Å². The predicted molar refractivity (Wildman–Crippen MR) is 79.6 cm³/mol. The van der Waals surface area contributed by atoms with Gasteiger partial charge in [-0.3, -0.25) is 4.79 Å². The fourth-order valence-electron chi connectivity index (χ4n) is 2.84. The maximum absolute atomic E-state index is 11.5. The molecule has 1 aliphatic carbocycles. The van der Waals surface area contributed by atoms with Gasteiger partial charge >= 0.3 is 0 Å². The number of rotatable bonds is 6. The highest BCUT2D eigenvalue weighted by Gasteiger charge is 2.23. The smallest absolute Gasteiger partial charge is 0.252 e. The minimum atomic E-state index is -0.573. The van der Waals surface area contributed by atoms with Gasteiger partial charge in [0.25, 0.3) is 5.91 Å². The van der Waals surface area contributed by atoms with Gasteiger partial charge in [0.2, 0.25) is 0 Å². The number of carbonyl (C=O) groups is 1. The summed E-state index contributed by atoms with van der Waals surface area (Å²) in [5.74, 6) is 0.450. The van der Waals surface area contributed by atoms with E-state index in [1.807, 2.05) is 0 Å². The molecular weight excluding hydrogens is 270 g/mol. The van der Waals surface area contributed by atoms with Gasteiger partial charge in [-0.05, 0) is 30.9 Å². The van der Waals surface area contributed by atoms with Crippen molar-refractivity contribution in [1.29, 1.82) is 0 Å². The lowest BCUT2D eigenvalue weighted by atomic mass is 9.85. The molecule has 1 atom stereocenters. The van der Waals surface area contributed by atoms with Crippen molar-refractivity contribution in [3.05, 3.63) is 23.8 Å². The van der Waals surface area contributed by atoms with Gasteiger partial charge < -0.3 is 20.3 Å². The molecule has 0 aliphatic heterocycles. The van der Waals surface area contributed by atoms with Gasteiger partial charge in [-0.2, -0.15) is 0 Å². The number of aliphatic hydroxyl groups is 1. The molecule has 1 saturated carbocycles. The fraction of sp³-hybridized carbons (Fsp3) is 0.562. The summed E-state index contributed by atoms with van der Waals surface area (Å²) in [5, 5.41) is 10.2.